The molecule has 1 aliphatic carbocycles. The Kier molecular flexibility index (Phi) is 7.67. The molecule has 0 aromatic heterocycles. The number of hydrogen-bond donors (Lipinski definition) is 3. The molecule has 1 heterocycles. The van der Waals surface area contributed by atoms with Gasteiger partial charge in [0.15, 0.2) is 5.79 Å². The fraction of sp³-hybridized carbons (Fsp3) is 0.423. The first kappa shape index (κ1) is 24.7. The van der Waals surface area contributed by atoms with Crippen molar-refractivity contribution in [1.29, 1.82) is 0 Å². The van der Waals surface area contributed by atoms with Gasteiger partial charge in [0.05, 0.1) is 13.2 Å². The maximum absolute atomic E-state index is 12.7. The van der Waals surface area contributed by atoms with Crippen LogP contribution in [0.1, 0.15) is 43.2 Å². The van der Waals surface area contributed by atoms with Crippen LogP contribution < -0.4 is 10.6 Å². The predicted octanol–water partition coefficient (Wildman–Crippen LogP) is 3.03. The Labute approximate surface area is 203 Å². The van der Waals surface area contributed by atoms with Crippen LogP contribution in [0.3, 0.4) is 0 Å². The second kappa shape index (κ2) is 10.9. The van der Waals surface area contributed by atoms with E-state index in [0.29, 0.717) is 19.6 Å². The van der Waals surface area contributed by atoms with E-state index in [1.807, 2.05) is 48.5 Å². The van der Waals surface area contributed by atoms with Gasteiger partial charge in [0.2, 0.25) is 5.91 Å². The Morgan fingerprint density at radius 3 is 2.26 bits per heavy atom. The number of alkyl carbamates (subject to hydrolysis) is 1. The molecule has 1 aliphatic heterocycles. The van der Waals surface area contributed by atoms with Crippen molar-refractivity contribution in [2.75, 3.05) is 26.4 Å². The van der Waals surface area contributed by atoms with Crippen LogP contribution in [0.5, 0.6) is 0 Å². The molecule has 0 radical (unpaired) electrons. The number of amides is 2. The summed E-state index contributed by atoms with van der Waals surface area (Å²) in [6.07, 6.45) is -0.678. The van der Waals surface area contributed by atoms with E-state index in [4.69, 9.17) is 19.3 Å². The van der Waals surface area contributed by atoms with Gasteiger partial charge in [-0.05, 0) is 35.6 Å². The number of hydrogen-bond acceptors (Lipinski definition) is 6. The van der Waals surface area contributed by atoms with Crippen molar-refractivity contribution in [3.05, 3.63) is 59.7 Å². The quantitative estimate of drug-likeness (QED) is 0.476. The molecular weight excluding hydrogens is 452 g/mol. The highest BCUT2D eigenvalue weighted by molar-refractivity contribution is 5.86. The molecule has 1 unspecified atom stereocenters. The van der Waals surface area contributed by atoms with Crippen molar-refractivity contribution in [3.8, 4) is 11.1 Å². The molecule has 35 heavy (non-hydrogen) atoms. The summed E-state index contributed by atoms with van der Waals surface area (Å²) < 4.78 is 16.5. The van der Waals surface area contributed by atoms with Crippen LogP contribution in [-0.4, -0.2) is 61.3 Å². The summed E-state index contributed by atoms with van der Waals surface area (Å²) >= 11 is 0. The third-order valence-electron chi connectivity index (χ3n) is 6.38. The van der Waals surface area contributed by atoms with E-state index in [1.165, 1.54) is 0 Å². The zero-order valence-electron chi connectivity index (χ0n) is 19.6. The first-order valence-electron chi connectivity index (χ1n) is 11.8. The molecule has 0 saturated carbocycles. The van der Waals surface area contributed by atoms with Gasteiger partial charge in [0.1, 0.15) is 12.6 Å². The normalized spacial score (nSPS) is 16.7. The molecule has 186 valence electrons. The number of carbonyl (C=O) groups excluding carboxylic acids is 2. The third kappa shape index (κ3) is 5.98. The first-order valence-corrected chi connectivity index (χ1v) is 11.8. The van der Waals surface area contributed by atoms with Crippen LogP contribution in [0.2, 0.25) is 0 Å². The highest BCUT2D eigenvalue weighted by atomic mass is 16.7. The minimum atomic E-state index is -1.06. The smallest absolute Gasteiger partial charge is 0.407 e. The predicted molar refractivity (Wildman–Crippen MR) is 127 cm³/mol. The Balaban J connectivity index is 1.34. The number of nitrogens with one attached hydrogen (secondary N) is 2. The summed E-state index contributed by atoms with van der Waals surface area (Å²) in [7, 11) is 0. The molecule has 9 nitrogen and oxygen atoms in total. The topological polar surface area (TPSA) is 123 Å². The standard InChI is InChI=1S/C26H30N2O7/c1-26(34-14-15-35-26)12-13-27-24(31)22(10-11-23(29)30)28-25(32)33-16-21-19-8-4-2-6-17(19)18-7-3-5-9-20(18)21/h2-9,21-22H,10-16H2,1H3,(H,27,31)(H,28,32)(H,29,30). The van der Waals surface area contributed by atoms with E-state index in [1.54, 1.807) is 6.92 Å². The van der Waals surface area contributed by atoms with Gasteiger partial charge in [-0.3, -0.25) is 9.59 Å². The second-order valence-electron chi connectivity index (χ2n) is 8.83. The fourth-order valence-electron chi connectivity index (χ4n) is 4.56. The molecule has 2 aliphatic rings. The van der Waals surface area contributed by atoms with Gasteiger partial charge in [0, 0.05) is 25.3 Å². The zero-order chi connectivity index (χ0) is 24.8. The van der Waals surface area contributed by atoms with Crippen molar-refractivity contribution in [2.24, 2.45) is 0 Å². The minimum absolute atomic E-state index is 0.0599. The van der Waals surface area contributed by atoms with Crippen molar-refractivity contribution in [3.63, 3.8) is 0 Å². The van der Waals surface area contributed by atoms with E-state index in [9.17, 15) is 14.4 Å². The van der Waals surface area contributed by atoms with Gasteiger partial charge in [-0.2, -0.15) is 0 Å². The molecule has 2 aromatic rings. The van der Waals surface area contributed by atoms with E-state index in [-0.39, 0.29) is 31.9 Å². The Hall–Kier alpha value is -3.43. The van der Waals surface area contributed by atoms with Crippen LogP contribution in [0, 0.1) is 0 Å². The van der Waals surface area contributed by atoms with Crippen LogP contribution in [0.15, 0.2) is 48.5 Å². The van der Waals surface area contributed by atoms with Crippen molar-refractivity contribution >= 4 is 18.0 Å². The largest absolute Gasteiger partial charge is 0.481 e. The first-order chi connectivity index (χ1) is 16.9. The summed E-state index contributed by atoms with van der Waals surface area (Å²) in [5.74, 6) is -2.42. The SMILES string of the molecule is CC1(CCNC(=O)C(CCC(=O)O)NC(=O)OCC2c3ccccc3-c3ccccc32)OCCO1. The van der Waals surface area contributed by atoms with Crippen molar-refractivity contribution < 1.29 is 33.7 Å². The summed E-state index contributed by atoms with van der Waals surface area (Å²) in [5.41, 5.74) is 4.37. The highest BCUT2D eigenvalue weighted by Gasteiger charge is 2.32. The van der Waals surface area contributed by atoms with Crippen molar-refractivity contribution in [2.45, 2.75) is 43.9 Å². The molecule has 2 amide bonds. The number of aliphatic carboxylic acids is 1. The Morgan fingerprint density at radius 1 is 1.06 bits per heavy atom. The molecule has 0 bridgehead atoms. The monoisotopic (exact) mass is 482 g/mol. The molecule has 9 heteroatoms. The van der Waals surface area contributed by atoms with Crippen molar-refractivity contribution in [1.82, 2.24) is 10.6 Å². The molecule has 1 atom stereocenters. The molecule has 1 saturated heterocycles. The van der Waals surface area contributed by atoms with Gasteiger partial charge in [-0.25, -0.2) is 4.79 Å². The molecule has 1 fully saturated rings. The molecular formula is C26H30N2O7. The summed E-state index contributed by atoms with van der Waals surface area (Å²) in [6.45, 7) is 3.14. The third-order valence-corrected chi connectivity index (χ3v) is 6.38. The lowest BCUT2D eigenvalue weighted by Crippen LogP contribution is -2.48. The lowest BCUT2D eigenvalue weighted by atomic mass is 9.98. The van der Waals surface area contributed by atoms with Gasteiger partial charge in [-0.15, -0.1) is 0 Å². The summed E-state index contributed by atoms with van der Waals surface area (Å²) in [4.78, 5) is 36.4. The summed E-state index contributed by atoms with van der Waals surface area (Å²) in [5, 5.41) is 14.3. The zero-order valence-corrected chi connectivity index (χ0v) is 19.6. The molecule has 0 spiro atoms. The average Bonchev–Trinajstić information content (AvgIpc) is 3.41. The highest BCUT2D eigenvalue weighted by Crippen LogP contribution is 2.44. The van der Waals surface area contributed by atoms with Crippen LogP contribution >= 0.6 is 0 Å². The number of carboxylic acid groups (broad SMARTS) is 1. The maximum atomic E-state index is 12.7. The lowest BCUT2D eigenvalue weighted by Gasteiger charge is -2.23. The Morgan fingerprint density at radius 2 is 1.66 bits per heavy atom. The van der Waals surface area contributed by atoms with Gasteiger partial charge >= 0.3 is 12.1 Å². The number of ether oxygens (including phenoxy) is 3. The van der Waals surface area contributed by atoms with E-state index in [2.05, 4.69) is 10.6 Å². The number of rotatable bonds is 10. The van der Waals surface area contributed by atoms with E-state index in [0.717, 1.165) is 22.3 Å². The van der Waals surface area contributed by atoms with Gasteiger partial charge in [-0.1, -0.05) is 48.5 Å². The van der Waals surface area contributed by atoms with Gasteiger partial charge < -0.3 is 30.0 Å². The average molecular weight is 483 g/mol. The van der Waals surface area contributed by atoms with Crippen LogP contribution in [-0.2, 0) is 23.8 Å². The maximum Gasteiger partial charge on any atom is 0.407 e. The van der Waals surface area contributed by atoms with Crippen LogP contribution in [0.25, 0.3) is 11.1 Å². The van der Waals surface area contributed by atoms with Crippen LogP contribution in [0.4, 0.5) is 4.79 Å². The molecule has 2 aromatic carbocycles. The van der Waals surface area contributed by atoms with E-state index >= 15 is 0 Å². The molecule has 4 rings (SSSR count). The van der Waals surface area contributed by atoms with E-state index < -0.39 is 29.8 Å². The lowest BCUT2D eigenvalue weighted by molar-refractivity contribution is -0.146. The minimum Gasteiger partial charge on any atom is -0.481 e. The summed E-state index contributed by atoms with van der Waals surface area (Å²) in [6, 6.07) is 14.9. The fourth-order valence-corrected chi connectivity index (χ4v) is 4.56. The number of carbonyl (C=O) groups is 3. The van der Waals surface area contributed by atoms with Gasteiger partial charge in [0.25, 0.3) is 0 Å². The number of benzene rings is 2. The Bertz CT molecular complexity index is 1040. The number of carboxylic acids is 1. The second-order valence-corrected chi connectivity index (χ2v) is 8.83. The number of fused-ring (bicyclic) bond motifs is 3. The molecule has 3 N–H and O–H groups in total.